The maximum atomic E-state index is 12.4. The zero-order valence-corrected chi connectivity index (χ0v) is 13.8. The van der Waals surface area contributed by atoms with Crippen molar-refractivity contribution in [2.75, 3.05) is 13.6 Å². The number of halogens is 2. The van der Waals surface area contributed by atoms with Gasteiger partial charge in [0.15, 0.2) is 0 Å². The summed E-state index contributed by atoms with van der Waals surface area (Å²) in [5, 5.41) is 3.52. The van der Waals surface area contributed by atoms with Crippen molar-refractivity contribution < 1.29 is 8.42 Å². The third kappa shape index (κ3) is 3.65. The lowest BCUT2D eigenvalue weighted by Gasteiger charge is -2.14. The molecule has 20 heavy (non-hydrogen) atoms. The molecule has 7 heteroatoms. The molecule has 1 aromatic carbocycles. The zero-order chi connectivity index (χ0) is 15.0. The first-order valence-electron chi connectivity index (χ1n) is 6.40. The van der Waals surface area contributed by atoms with E-state index in [0.29, 0.717) is 23.7 Å². The van der Waals surface area contributed by atoms with Crippen LogP contribution in [0.1, 0.15) is 25.3 Å². The van der Waals surface area contributed by atoms with Crippen LogP contribution in [0.2, 0.25) is 10.0 Å². The van der Waals surface area contributed by atoms with Crippen molar-refractivity contribution in [2.45, 2.75) is 31.2 Å². The fourth-order valence-corrected chi connectivity index (χ4v) is 4.00. The summed E-state index contributed by atoms with van der Waals surface area (Å²) in [6, 6.07) is 3.06. The van der Waals surface area contributed by atoms with E-state index in [0.717, 1.165) is 12.8 Å². The second-order valence-electron chi connectivity index (χ2n) is 5.54. The third-order valence-corrected chi connectivity index (χ3v) is 5.73. The molecule has 4 nitrogen and oxygen atoms in total. The zero-order valence-electron chi connectivity index (χ0n) is 11.5. The first-order valence-corrected chi connectivity index (χ1v) is 8.63. The van der Waals surface area contributed by atoms with Crippen molar-refractivity contribution in [1.29, 1.82) is 0 Å². The Morgan fingerprint density at radius 3 is 2.50 bits per heavy atom. The summed E-state index contributed by atoms with van der Waals surface area (Å²) in [5.74, 6) is 0. The van der Waals surface area contributed by atoms with Crippen LogP contribution in [-0.2, 0) is 16.6 Å². The number of hydrogen-bond donors (Lipinski definition) is 2. The largest absolute Gasteiger partial charge is 0.316 e. The molecule has 0 aliphatic heterocycles. The molecular weight excluding hydrogens is 319 g/mol. The van der Waals surface area contributed by atoms with Crippen LogP contribution in [0.3, 0.4) is 0 Å². The Kier molecular flexibility index (Phi) is 4.66. The number of benzene rings is 1. The van der Waals surface area contributed by atoms with Crippen LogP contribution in [0.15, 0.2) is 17.0 Å². The Morgan fingerprint density at radius 1 is 1.30 bits per heavy atom. The van der Waals surface area contributed by atoms with Gasteiger partial charge in [-0.2, -0.15) is 0 Å². The van der Waals surface area contributed by atoms with E-state index in [2.05, 4.69) is 17.0 Å². The van der Waals surface area contributed by atoms with Gasteiger partial charge in [-0.3, -0.25) is 0 Å². The molecule has 0 aromatic heterocycles. The summed E-state index contributed by atoms with van der Waals surface area (Å²) in [6.07, 6.45) is 2.09. The maximum Gasteiger partial charge on any atom is 0.242 e. The highest BCUT2D eigenvalue weighted by molar-refractivity contribution is 7.89. The highest BCUT2D eigenvalue weighted by atomic mass is 35.5. The molecule has 1 aliphatic rings. The molecule has 0 bridgehead atoms. The van der Waals surface area contributed by atoms with Crippen LogP contribution in [0.25, 0.3) is 0 Å². The lowest BCUT2D eigenvalue weighted by Crippen LogP contribution is -2.29. The van der Waals surface area contributed by atoms with E-state index in [4.69, 9.17) is 23.2 Å². The first kappa shape index (κ1) is 16.0. The van der Waals surface area contributed by atoms with Gasteiger partial charge < -0.3 is 5.32 Å². The molecule has 1 fully saturated rings. The predicted octanol–water partition coefficient (Wildman–Crippen LogP) is 2.79. The Labute approximate surface area is 129 Å². The fraction of sp³-hybridized carbons (Fsp3) is 0.538. The minimum absolute atomic E-state index is 0.0427. The molecule has 0 heterocycles. The first-order chi connectivity index (χ1) is 9.27. The minimum Gasteiger partial charge on any atom is -0.316 e. The van der Waals surface area contributed by atoms with E-state index in [-0.39, 0.29) is 15.3 Å². The number of rotatable bonds is 6. The smallest absolute Gasteiger partial charge is 0.242 e. The van der Waals surface area contributed by atoms with Gasteiger partial charge in [0.05, 0.1) is 5.02 Å². The molecule has 0 radical (unpaired) electrons. The quantitative estimate of drug-likeness (QED) is 0.839. The van der Waals surface area contributed by atoms with Gasteiger partial charge in [-0.15, -0.1) is 0 Å². The van der Waals surface area contributed by atoms with E-state index in [1.807, 2.05) is 0 Å². The van der Waals surface area contributed by atoms with Crippen molar-refractivity contribution in [2.24, 2.45) is 5.41 Å². The number of hydrogen-bond acceptors (Lipinski definition) is 3. The number of nitrogens with one attached hydrogen (secondary N) is 2. The van der Waals surface area contributed by atoms with Gasteiger partial charge >= 0.3 is 0 Å². The average Bonchev–Trinajstić information content (AvgIpc) is 3.10. The number of sulfonamides is 1. The molecular formula is C13H18Cl2N2O2S. The van der Waals surface area contributed by atoms with Gasteiger partial charge in [0.2, 0.25) is 10.0 Å². The van der Waals surface area contributed by atoms with Gasteiger partial charge in [0.1, 0.15) is 4.90 Å². The lowest BCUT2D eigenvalue weighted by molar-refractivity contribution is 0.530. The highest BCUT2D eigenvalue weighted by Gasteiger charge is 2.38. The molecule has 0 saturated heterocycles. The van der Waals surface area contributed by atoms with Crippen LogP contribution in [0.5, 0.6) is 0 Å². The molecule has 1 aromatic rings. The van der Waals surface area contributed by atoms with Crippen molar-refractivity contribution in [3.8, 4) is 0 Å². The van der Waals surface area contributed by atoms with E-state index in [1.165, 1.54) is 6.07 Å². The third-order valence-electron chi connectivity index (χ3n) is 3.53. The van der Waals surface area contributed by atoms with Crippen LogP contribution >= 0.6 is 23.2 Å². The average molecular weight is 337 g/mol. The Morgan fingerprint density at radius 2 is 1.95 bits per heavy atom. The summed E-state index contributed by atoms with van der Waals surface area (Å²) in [7, 11) is -1.88. The summed E-state index contributed by atoms with van der Waals surface area (Å²) >= 11 is 12.2. The van der Waals surface area contributed by atoms with Gasteiger partial charge in [0.25, 0.3) is 0 Å². The van der Waals surface area contributed by atoms with E-state index in [9.17, 15) is 8.42 Å². The molecule has 0 spiro atoms. The van der Waals surface area contributed by atoms with Gasteiger partial charge in [0, 0.05) is 18.1 Å². The summed E-state index contributed by atoms with van der Waals surface area (Å²) < 4.78 is 27.3. The molecule has 0 unspecified atom stereocenters. The van der Waals surface area contributed by atoms with Crippen molar-refractivity contribution in [3.05, 3.63) is 27.7 Å². The van der Waals surface area contributed by atoms with Crippen LogP contribution in [0.4, 0.5) is 0 Å². The Bertz CT molecular complexity index is 613. The molecule has 1 aliphatic carbocycles. The van der Waals surface area contributed by atoms with Gasteiger partial charge in [-0.25, -0.2) is 13.1 Å². The molecule has 2 rings (SSSR count). The Balaban J connectivity index is 2.30. The monoisotopic (exact) mass is 336 g/mol. The van der Waals surface area contributed by atoms with Crippen LogP contribution in [0, 0.1) is 5.41 Å². The summed E-state index contributed by atoms with van der Waals surface area (Å²) in [5.41, 5.74) is 0.756. The highest BCUT2D eigenvalue weighted by Crippen LogP contribution is 2.44. The second-order valence-corrected chi connectivity index (χ2v) is 8.09. The van der Waals surface area contributed by atoms with Gasteiger partial charge in [-0.1, -0.05) is 30.1 Å². The van der Waals surface area contributed by atoms with E-state index < -0.39 is 10.0 Å². The molecule has 112 valence electrons. The fourth-order valence-electron chi connectivity index (χ4n) is 1.87. The maximum absolute atomic E-state index is 12.4. The topological polar surface area (TPSA) is 58.2 Å². The van der Waals surface area contributed by atoms with Crippen LogP contribution < -0.4 is 10.0 Å². The lowest BCUT2D eigenvalue weighted by atomic mass is 10.2. The SMILES string of the molecule is CNCc1cc(Cl)cc(S(=O)(=O)NCC2(C)CC2)c1Cl. The normalized spacial score (nSPS) is 17.2. The molecule has 0 amide bonds. The standard InChI is InChI=1S/C13H18Cl2N2O2S/c1-13(3-4-13)8-17-20(18,19)11-6-10(14)5-9(7-16-2)12(11)15/h5-6,16-17H,3-4,7-8H2,1-2H3. The summed E-state index contributed by atoms with van der Waals surface area (Å²) in [6.45, 7) is 2.95. The van der Waals surface area contributed by atoms with Gasteiger partial charge in [-0.05, 0) is 43.0 Å². The van der Waals surface area contributed by atoms with Crippen molar-refractivity contribution in [1.82, 2.24) is 10.0 Å². The van der Waals surface area contributed by atoms with Crippen molar-refractivity contribution >= 4 is 33.2 Å². The second kappa shape index (κ2) is 5.81. The van der Waals surface area contributed by atoms with E-state index in [1.54, 1.807) is 13.1 Å². The predicted molar refractivity (Wildman–Crippen MR) is 81.8 cm³/mol. The van der Waals surface area contributed by atoms with Crippen LogP contribution in [-0.4, -0.2) is 22.0 Å². The van der Waals surface area contributed by atoms with Crippen molar-refractivity contribution in [3.63, 3.8) is 0 Å². The summed E-state index contributed by atoms with van der Waals surface area (Å²) in [4.78, 5) is 0.0427. The molecule has 0 atom stereocenters. The Hall–Kier alpha value is -0.330. The molecule has 1 saturated carbocycles. The van der Waals surface area contributed by atoms with E-state index >= 15 is 0 Å². The molecule has 2 N–H and O–H groups in total. The minimum atomic E-state index is -3.64.